The molecule has 0 aromatic heterocycles. The molecule has 6 atom stereocenters. The van der Waals surface area contributed by atoms with Crippen LogP contribution in [0.4, 0.5) is 10.1 Å². The van der Waals surface area contributed by atoms with Crippen molar-refractivity contribution in [1.29, 1.82) is 5.26 Å². The van der Waals surface area contributed by atoms with Gasteiger partial charge in [-0.1, -0.05) is 0 Å². The van der Waals surface area contributed by atoms with E-state index in [9.17, 15) is 14.3 Å². The van der Waals surface area contributed by atoms with E-state index in [2.05, 4.69) is 0 Å². The Morgan fingerprint density at radius 3 is 2.93 bits per heavy atom. The molecule has 1 aromatic carbocycles. The number of hydrogen-bond acceptors (Lipinski definition) is 5. The Bertz CT molecular complexity index is 896. The lowest BCUT2D eigenvalue weighted by molar-refractivity contribution is -0.193. The fourth-order valence-corrected chi connectivity index (χ4v) is 6.11. The number of ether oxygens (including phenoxy) is 2. The SMILES string of the molecule is C[C@@]12C[C@@](C)(O)[C@]3(CCO[C@H]4[C@@H]3[C@@H]1C(=O)N4c1ccc(C#N)c(CF)c1)O2. The van der Waals surface area contributed by atoms with Gasteiger partial charge < -0.3 is 14.6 Å². The zero-order chi connectivity index (χ0) is 19.2. The van der Waals surface area contributed by atoms with Crippen molar-refractivity contribution in [2.45, 2.75) is 56.4 Å². The molecule has 142 valence electrons. The van der Waals surface area contributed by atoms with Crippen LogP contribution in [0.25, 0.3) is 0 Å². The minimum Gasteiger partial charge on any atom is -0.387 e. The quantitative estimate of drug-likeness (QED) is 0.859. The van der Waals surface area contributed by atoms with Crippen molar-refractivity contribution < 1.29 is 23.8 Å². The molecule has 1 aromatic rings. The molecule has 4 heterocycles. The number of rotatable bonds is 2. The van der Waals surface area contributed by atoms with Gasteiger partial charge in [0.25, 0.3) is 0 Å². The zero-order valence-corrected chi connectivity index (χ0v) is 15.2. The number of anilines is 1. The van der Waals surface area contributed by atoms with Gasteiger partial charge in [-0.05, 0) is 32.0 Å². The number of halogens is 1. The average Bonchev–Trinajstić information content (AvgIpc) is 3.15. The van der Waals surface area contributed by atoms with E-state index in [0.29, 0.717) is 25.1 Å². The van der Waals surface area contributed by atoms with E-state index >= 15 is 0 Å². The molecule has 4 aliphatic rings. The van der Waals surface area contributed by atoms with Crippen molar-refractivity contribution in [3.8, 4) is 6.07 Å². The number of aliphatic hydroxyl groups is 1. The Kier molecular flexibility index (Phi) is 3.22. The first-order valence-electron chi connectivity index (χ1n) is 9.24. The van der Waals surface area contributed by atoms with Gasteiger partial charge in [-0.25, -0.2) is 4.39 Å². The van der Waals surface area contributed by atoms with Gasteiger partial charge >= 0.3 is 0 Å². The van der Waals surface area contributed by atoms with Crippen molar-refractivity contribution in [1.82, 2.24) is 0 Å². The molecule has 0 aliphatic carbocycles. The summed E-state index contributed by atoms with van der Waals surface area (Å²) in [5.41, 5.74) is -1.56. The maximum absolute atomic E-state index is 13.4. The summed E-state index contributed by atoms with van der Waals surface area (Å²) in [6, 6.07) is 6.71. The number of carbonyl (C=O) groups is 1. The second kappa shape index (κ2) is 5.07. The molecule has 4 fully saturated rings. The third-order valence-corrected chi connectivity index (χ3v) is 7.04. The van der Waals surface area contributed by atoms with Gasteiger partial charge in [0.05, 0.1) is 41.3 Å². The summed E-state index contributed by atoms with van der Waals surface area (Å²) in [6.07, 6.45) is 0.374. The standard InChI is InChI=1S/C20H21FN2O4/c1-18-10-19(2,25)20(27-18)5-6-26-17-15(20)14(18)16(24)23(17)13-4-3-11(9-22)12(7-13)8-21/h3-4,7,14-15,17,25H,5-6,8,10H2,1-2H3/t14-,15+,17+,18-,19-,20-/m1/s1. The van der Waals surface area contributed by atoms with Gasteiger partial charge in [-0.2, -0.15) is 5.26 Å². The van der Waals surface area contributed by atoms with Crippen molar-refractivity contribution in [3.05, 3.63) is 29.3 Å². The van der Waals surface area contributed by atoms with Crippen LogP contribution in [0.3, 0.4) is 0 Å². The summed E-state index contributed by atoms with van der Waals surface area (Å²) in [4.78, 5) is 15.0. The van der Waals surface area contributed by atoms with Crippen molar-refractivity contribution in [3.63, 3.8) is 0 Å². The van der Waals surface area contributed by atoms with E-state index in [1.54, 1.807) is 24.0 Å². The van der Waals surface area contributed by atoms with Crippen LogP contribution < -0.4 is 4.90 Å². The Hall–Kier alpha value is -2.01. The van der Waals surface area contributed by atoms with E-state index in [1.165, 1.54) is 6.07 Å². The summed E-state index contributed by atoms with van der Waals surface area (Å²) in [6.45, 7) is 3.27. The first-order valence-corrected chi connectivity index (χ1v) is 9.24. The zero-order valence-electron chi connectivity index (χ0n) is 15.2. The third kappa shape index (κ3) is 1.86. The predicted octanol–water partition coefficient (Wildman–Crippen LogP) is 2.04. The van der Waals surface area contributed by atoms with Gasteiger partial charge in [-0.15, -0.1) is 0 Å². The van der Waals surface area contributed by atoms with Crippen LogP contribution in [0.1, 0.15) is 37.8 Å². The summed E-state index contributed by atoms with van der Waals surface area (Å²) >= 11 is 0. The Balaban J connectivity index is 1.63. The van der Waals surface area contributed by atoms with Crippen LogP contribution in [-0.4, -0.2) is 40.7 Å². The summed E-state index contributed by atoms with van der Waals surface area (Å²) < 4.78 is 25.7. The number of fused-ring (bicyclic) bond motifs is 2. The molecule has 1 amide bonds. The number of alkyl halides is 1. The molecule has 1 spiro atoms. The number of benzene rings is 1. The topological polar surface area (TPSA) is 82.8 Å². The first kappa shape index (κ1) is 17.1. The highest BCUT2D eigenvalue weighted by atomic mass is 19.1. The third-order valence-electron chi connectivity index (χ3n) is 7.04. The summed E-state index contributed by atoms with van der Waals surface area (Å²) in [7, 11) is 0. The van der Waals surface area contributed by atoms with Crippen LogP contribution in [-0.2, 0) is 20.9 Å². The van der Waals surface area contributed by atoms with Crippen LogP contribution in [0.2, 0.25) is 0 Å². The minimum atomic E-state index is -1.03. The van der Waals surface area contributed by atoms with Gasteiger partial charge in [0.15, 0.2) is 0 Å². The Labute approximate surface area is 156 Å². The molecule has 4 saturated heterocycles. The molecule has 2 bridgehead atoms. The van der Waals surface area contributed by atoms with E-state index in [-0.39, 0.29) is 23.0 Å². The minimum absolute atomic E-state index is 0.124. The van der Waals surface area contributed by atoms with E-state index in [4.69, 9.17) is 14.7 Å². The molecule has 7 heteroatoms. The van der Waals surface area contributed by atoms with E-state index < -0.39 is 35.6 Å². The maximum Gasteiger partial charge on any atom is 0.235 e. The molecule has 4 aliphatic heterocycles. The van der Waals surface area contributed by atoms with Crippen molar-refractivity contribution >= 4 is 11.6 Å². The average molecular weight is 372 g/mol. The van der Waals surface area contributed by atoms with E-state index in [0.717, 1.165) is 0 Å². The number of nitriles is 1. The van der Waals surface area contributed by atoms with Gasteiger partial charge in [0.1, 0.15) is 18.5 Å². The molecule has 5 rings (SSSR count). The van der Waals surface area contributed by atoms with Gasteiger partial charge in [0, 0.05) is 24.1 Å². The molecule has 0 saturated carbocycles. The molecule has 1 N–H and O–H groups in total. The highest BCUT2D eigenvalue weighted by Gasteiger charge is 2.81. The predicted molar refractivity (Wildman–Crippen MR) is 92.3 cm³/mol. The largest absolute Gasteiger partial charge is 0.387 e. The number of amides is 1. The van der Waals surface area contributed by atoms with Crippen LogP contribution in [0.5, 0.6) is 0 Å². The van der Waals surface area contributed by atoms with Gasteiger partial charge in [0.2, 0.25) is 5.91 Å². The monoisotopic (exact) mass is 372 g/mol. The smallest absolute Gasteiger partial charge is 0.235 e. The normalized spacial score (nSPS) is 44.5. The van der Waals surface area contributed by atoms with E-state index in [1.807, 2.05) is 13.0 Å². The summed E-state index contributed by atoms with van der Waals surface area (Å²) in [5, 5.41) is 20.2. The van der Waals surface area contributed by atoms with Crippen LogP contribution >= 0.6 is 0 Å². The Morgan fingerprint density at radius 2 is 2.22 bits per heavy atom. The lowest BCUT2D eigenvalue weighted by Crippen LogP contribution is -2.62. The number of hydrogen-bond donors (Lipinski definition) is 1. The van der Waals surface area contributed by atoms with Crippen LogP contribution in [0, 0.1) is 23.2 Å². The molecular weight excluding hydrogens is 351 g/mol. The first-order chi connectivity index (χ1) is 12.8. The van der Waals surface area contributed by atoms with Gasteiger partial charge in [-0.3, -0.25) is 9.69 Å². The molecule has 0 radical (unpaired) electrons. The molecule has 27 heavy (non-hydrogen) atoms. The van der Waals surface area contributed by atoms with Crippen molar-refractivity contribution in [2.24, 2.45) is 11.8 Å². The highest BCUT2D eigenvalue weighted by Crippen LogP contribution is 2.68. The lowest BCUT2D eigenvalue weighted by atomic mass is 9.59. The van der Waals surface area contributed by atoms with Crippen LogP contribution in [0.15, 0.2) is 18.2 Å². The summed E-state index contributed by atoms with van der Waals surface area (Å²) in [5.74, 6) is -0.814. The molecule has 6 nitrogen and oxygen atoms in total. The fraction of sp³-hybridized carbons (Fsp3) is 0.600. The van der Waals surface area contributed by atoms with Crippen molar-refractivity contribution in [2.75, 3.05) is 11.5 Å². The number of nitrogens with zero attached hydrogens (tertiary/aromatic N) is 2. The molecule has 0 unspecified atom stereocenters. The maximum atomic E-state index is 13.4. The Morgan fingerprint density at radius 1 is 1.44 bits per heavy atom. The highest BCUT2D eigenvalue weighted by molar-refractivity contribution is 6.00. The second-order valence-electron chi connectivity index (χ2n) is 8.56. The second-order valence-corrected chi connectivity index (χ2v) is 8.56. The molecular formula is C20H21FN2O4. The fourth-order valence-electron chi connectivity index (χ4n) is 6.11. The lowest BCUT2D eigenvalue weighted by Gasteiger charge is -2.48. The number of carbonyl (C=O) groups excluding carboxylic acids is 1.